The number of hydrogen-bond donors (Lipinski definition) is 2. The Morgan fingerprint density at radius 1 is 1.07 bits per heavy atom. The van der Waals surface area contributed by atoms with Gasteiger partial charge in [0.05, 0.1) is 13.1 Å². The molecule has 0 aromatic heterocycles. The predicted molar refractivity (Wildman–Crippen MR) is 107 cm³/mol. The number of carbonyl (C=O) groups is 2. The molecule has 6 heteroatoms. The number of rotatable bonds is 8. The lowest BCUT2D eigenvalue weighted by Gasteiger charge is -2.21. The van der Waals surface area contributed by atoms with Crippen molar-refractivity contribution >= 4 is 17.5 Å². The van der Waals surface area contributed by atoms with Gasteiger partial charge >= 0.3 is 0 Å². The standard InChI is InChI=1S/C22H26FN3O2/c1-15-4-3-5-20(16(15)2)25-21(27)12-24-22(28)14-26(19-10-11-19)13-17-6-8-18(23)9-7-17/h3-9,19H,10-14H2,1-2H3,(H,24,28)(H,25,27). The first kappa shape index (κ1) is 20.0. The van der Waals surface area contributed by atoms with E-state index in [0.717, 1.165) is 35.2 Å². The second-order valence-electron chi connectivity index (χ2n) is 7.34. The number of amides is 2. The minimum Gasteiger partial charge on any atom is -0.346 e. The van der Waals surface area contributed by atoms with Crippen LogP contribution in [0, 0.1) is 19.7 Å². The van der Waals surface area contributed by atoms with Gasteiger partial charge in [0.15, 0.2) is 0 Å². The predicted octanol–water partition coefficient (Wildman–Crippen LogP) is 3.16. The molecule has 1 saturated carbocycles. The molecular weight excluding hydrogens is 357 g/mol. The normalized spacial score (nSPS) is 13.4. The van der Waals surface area contributed by atoms with Gasteiger partial charge in [0.25, 0.3) is 0 Å². The summed E-state index contributed by atoms with van der Waals surface area (Å²) in [5, 5.41) is 5.53. The van der Waals surface area contributed by atoms with Crippen LogP contribution in [-0.4, -0.2) is 35.8 Å². The highest BCUT2D eigenvalue weighted by Gasteiger charge is 2.30. The maximum atomic E-state index is 13.1. The van der Waals surface area contributed by atoms with E-state index < -0.39 is 0 Å². The van der Waals surface area contributed by atoms with Crippen molar-refractivity contribution in [3.63, 3.8) is 0 Å². The zero-order valence-electron chi connectivity index (χ0n) is 16.3. The number of anilines is 1. The summed E-state index contributed by atoms with van der Waals surface area (Å²) in [5.41, 5.74) is 3.84. The Morgan fingerprint density at radius 2 is 1.79 bits per heavy atom. The minimum atomic E-state index is -0.269. The summed E-state index contributed by atoms with van der Waals surface area (Å²) in [7, 11) is 0. The number of halogens is 1. The van der Waals surface area contributed by atoms with Gasteiger partial charge in [-0.1, -0.05) is 24.3 Å². The smallest absolute Gasteiger partial charge is 0.243 e. The number of hydrogen-bond acceptors (Lipinski definition) is 3. The zero-order valence-corrected chi connectivity index (χ0v) is 16.3. The van der Waals surface area contributed by atoms with Crippen LogP contribution in [0.1, 0.15) is 29.5 Å². The first-order chi connectivity index (χ1) is 13.4. The van der Waals surface area contributed by atoms with E-state index in [1.54, 1.807) is 12.1 Å². The quantitative estimate of drug-likeness (QED) is 0.736. The SMILES string of the molecule is Cc1cccc(NC(=O)CNC(=O)CN(Cc2ccc(F)cc2)C2CC2)c1C. The Labute approximate surface area is 164 Å². The molecule has 0 heterocycles. The Bertz CT molecular complexity index is 847. The van der Waals surface area contributed by atoms with Crippen molar-refractivity contribution in [2.45, 2.75) is 39.3 Å². The van der Waals surface area contributed by atoms with Crippen LogP contribution in [0.15, 0.2) is 42.5 Å². The van der Waals surface area contributed by atoms with Crippen LogP contribution in [-0.2, 0) is 16.1 Å². The van der Waals surface area contributed by atoms with Gasteiger partial charge < -0.3 is 10.6 Å². The molecule has 0 spiro atoms. The first-order valence-electron chi connectivity index (χ1n) is 9.53. The molecular formula is C22H26FN3O2. The van der Waals surface area contributed by atoms with Gasteiger partial charge in [0, 0.05) is 18.3 Å². The fourth-order valence-corrected chi connectivity index (χ4v) is 3.08. The van der Waals surface area contributed by atoms with E-state index in [-0.39, 0.29) is 30.7 Å². The van der Waals surface area contributed by atoms with Crippen molar-refractivity contribution in [1.29, 1.82) is 0 Å². The molecule has 2 aromatic carbocycles. The van der Waals surface area contributed by atoms with Crippen molar-refractivity contribution in [3.05, 3.63) is 65.0 Å². The summed E-state index contributed by atoms with van der Waals surface area (Å²) in [5.74, 6) is -0.710. The van der Waals surface area contributed by atoms with Crippen LogP contribution in [0.5, 0.6) is 0 Å². The molecule has 0 bridgehead atoms. The molecule has 0 radical (unpaired) electrons. The van der Waals surface area contributed by atoms with Gasteiger partial charge in [-0.05, 0) is 61.6 Å². The fraction of sp³-hybridized carbons (Fsp3) is 0.364. The van der Waals surface area contributed by atoms with Gasteiger partial charge in [-0.15, -0.1) is 0 Å². The van der Waals surface area contributed by atoms with Crippen molar-refractivity contribution in [3.8, 4) is 0 Å². The molecule has 3 rings (SSSR count). The van der Waals surface area contributed by atoms with Crippen LogP contribution in [0.25, 0.3) is 0 Å². The summed E-state index contributed by atoms with van der Waals surface area (Å²) in [6.45, 7) is 4.68. The fourth-order valence-electron chi connectivity index (χ4n) is 3.08. The highest BCUT2D eigenvalue weighted by Crippen LogP contribution is 2.28. The van der Waals surface area contributed by atoms with E-state index in [4.69, 9.17) is 0 Å². The van der Waals surface area contributed by atoms with E-state index in [1.807, 2.05) is 32.0 Å². The second-order valence-corrected chi connectivity index (χ2v) is 7.34. The molecule has 1 aliphatic rings. The van der Waals surface area contributed by atoms with E-state index >= 15 is 0 Å². The highest BCUT2D eigenvalue weighted by atomic mass is 19.1. The summed E-state index contributed by atoms with van der Waals surface area (Å²) in [4.78, 5) is 26.6. The van der Waals surface area contributed by atoms with Crippen LogP contribution in [0.4, 0.5) is 10.1 Å². The maximum Gasteiger partial charge on any atom is 0.243 e. The molecule has 2 N–H and O–H groups in total. The molecule has 2 aromatic rings. The van der Waals surface area contributed by atoms with Gasteiger partial charge in [-0.3, -0.25) is 14.5 Å². The van der Waals surface area contributed by atoms with Gasteiger partial charge in [-0.25, -0.2) is 4.39 Å². The van der Waals surface area contributed by atoms with Gasteiger partial charge in [0.2, 0.25) is 11.8 Å². The Kier molecular flexibility index (Phi) is 6.41. The number of nitrogens with zero attached hydrogens (tertiary/aromatic N) is 1. The second kappa shape index (κ2) is 8.97. The molecule has 0 unspecified atom stereocenters. The average molecular weight is 383 g/mol. The van der Waals surface area contributed by atoms with Crippen LogP contribution >= 0.6 is 0 Å². The summed E-state index contributed by atoms with van der Waals surface area (Å²) < 4.78 is 13.1. The molecule has 0 atom stereocenters. The number of benzene rings is 2. The highest BCUT2D eigenvalue weighted by molar-refractivity contribution is 5.95. The monoisotopic (exact) mass is 383 g/mol. The molecule has 1 aliphatic carbocycles. The largest absolute Gasteiger partial charge is 0.346 e. The third kappa shape index (κ3) is 5.63. The minimum absolute atomic E-state index is 0.0682. The Morgan fingerprint density at radius 3 is 2.46 bits per heavy atom. The molecule has 5 nitrogen and oxygen atoms in total. The molecule has 0 saturated heterocycles. The summed E-state index contributed by atoms with van der Waals surface area (Å²) >= 11 is 0. The van der Waals surface area contributed by atoms with Crippen LogP contribution in [0.2, 0.25) is 0 Å². The maximum absolute atomic E-state index is 13.1. The van der Waals surface area contributed by atoms with Gasteiger partial charge in [0.1, 0.15) is 5.82 Å². The van der Waals surface area contributed by atoms with E-state index in [2.05, 4.69) is 15.5 Å². The van der Waals surface area contributed by atoms with Crippen LogP contribution in [0.3, 0.4) is 0 Å². The van der Waals surface area contributed by atoms with Crippen molar-refractivity contribution in [2.75, 3.05) is 18.4 Å². The van der Waals surface area contributed by atoms with Gasteiger partial charge in [-0.2, -0.15) is 0 Å². The zero-order chi connectivity index (χ0) is 20.1. The first-order valence-corrected chi connectivity index (χ1v) is 9.53. The summed E-state index contributed by atoms with van der Waals surface area (Å²) in [6.07, 6.45) is 2.11. The van der Waals surface area contributed by atoms with E-state index in [1.165, 1.54) is 12.1 Å². The Balaban J connectivity index is 1.48. The Hall–Kier alpha value is -2.73. The lowest BCUT2D eigenvalue weighted by molar-refractivity contribution is -0.125. The summed E-state index contributed by atoms with van der Waals surface area (Å²) in [6, 6.07) is 12.4. The molecule has 28 heavy (non-hydrogen) atoms. The number of nitrogens with one attached hydrogen (secondary N) is 2. The lowest BCUT2D eigenvalue weighted by Crippen LogP contribution is -2.41. The van der Waals surface area contributed by atoms with Crippen LogP contribution < -0.4 is 10.6 Å². The third-order valence-electron chi connectivity index (χ3n) is 5.03. The van der Waals surface area contributed by atoms with Crippen molar-refractivity contribution < 1.29 is 14.0 Å². The number of carbonyl (C=O) groups excluding carboxylic acids is 2. The lowest BCUT2D eigenvalue weighted by atomic mass is 10.1. The van der Waals surface area contributed by atoms with Crippen molar-refractivity contribution in [1.82, 2.24) is 10.2 Å². The molecule has 148 valence electrons. The van der Waals surface area contributed by atoms with E-state index in [0.29, 0.717) is 12.6 Å². The molecule has 2 amide bonds. The third-order valence-corrected chi connectivity index (χ3v) is 5.03. The average Bonchev–Trinajstić information content (AvgIpc) is 3.50. The van der Waals surface area contributed by atoms with E-state index in [9.17, 15) is 14.0 Å². The number of aryl methyl sites for hydroxylation is 1. The topological polar surface area (TPSA) is 61.4 Å². The molecule has 1 fully saturated rings. The molecule has 0 aliphatic heterocycles. The van der Waals surface area contributed by atoms with Crippen molar-refractivity contribution in [2.24, 2.45) is 0 Å².